The van der Waals surface area contributed by atoms with Crippen molar-refractivity contribution < 1.29 is 9.53 Å². The molecule has 152 valence electrons. The Kier molecular flexibility index (Phi) is 8.54. The molecule has 0 aliphatic heterocycles. The topological polar surface area (TPSA) is 45.7 Å². The number of anilines is 1. The first-order chi connectivity index (χ1) is 12.9. The molecule has 2 aromatic heterocycles. The quantitative estimate of drug-likeness (QED) is 0.391. The number of amides is 1. The lowest BCUT2D eigenvalue weighted by Gasteiger charge is -2.20. The van der Waals surface area contributed by atoms with Crippen molar-refractivity contribution >= 4 is 83.9 Å². The fraction of sp³-hybridized carbons (Fsp3) is 0.333. The zero-order valence-corrected chi connectivity index (χ0v) is 20.4. The van der Waals surface area contributed by atoms with E-state index in [9.17, 15) is 4.79 Å². The molecule has 0 saturated heterocycles. The molecule has 0 N–H and O–H groups in total. The molecule has 0 radical (unpaired) electrons. The van der Waals surface area contributed by atoms with Gasteiger partial charge >= 0.3 is 0 Å². The van der Waals surface area contributed by atoms with Gasteiger partial charge in [0.05, 0.1) is 25.5 Å². The SMILES string of the molecule is COc1ccc(Cl)c2sc(N(CCCN(C)C)C(=O)c3ccc(Br)s3)nc12.Cl. The summed E-state index contributed by atoms with van der Waals surface area (Å²) >= 11 is 12.6. The highest BCUT2D eigenvalue weighted by atomic mass is 79.9. The smallest absolute Gasteiger partial charge is 0.270 e. The van der Waals surface area contributed by atoms with Gasteiger partial charge in [-0.1, -0.05) is 22.9 Å². The van der Waals surface area contributed by atoms with Crippen LogP contribution in [0.4, 0.5) is 5.13 Å². The van der Waals surface area contributed by atoms with Gasteiger partial charge in [0.15, 0.2) is 5.13 Å². The third-order valence-electron chi connectivity index (χ3n) is 3.91. The summed E-state index contributed by atoms with van der Waals surface area (Å²) < 4.78 is 7.15. The Morgan fingerprint density at radius 1 is 1.21 bits per heavy atom. The summed E-state index contributed by atoms with van der Waals surface area (Å²) in [5.41, 5.74) is 0.683. The average Bonchev–Trinajstić information content (AvgIpc) is 3.25. The van der Waals surface area contributed by atoms with Gasteiger partial charge in [-0.05, 0) is 67.3 Å². The average molecular weight is 525 g/mol. The molecule has 0 unspecified atom stereocenters. The molecule has 2 heterocycles. The molecule has 3 rings (SSSR count). The minimum Gasteiger partial charge on any atom is -0.494 e. The van der Waals surface area contributed by atoms with Crippen molar-refractivity contribution in [3.8, 4) is 5.75 Å². The Bertz CT molecular complexity index is 962. The van der Waals surface area contributed by atoms with E-state index in [1.54, 1.807) is 24.1 Å². The van der Waals surface area contributed by atoms with Gasteiger partial charge in [0.1, 0.15) is 11.3 Å². The highest BCUT2D eigenvalue weighted by Gasteiger charge is 2.24. The standard InChI is InChI=1S/C18H19BrClN3O2S2.ClH/c1-22(2)9-4-10-23(17(24)13-7-8-14(19)26-13)18-21-15-12(25-3)6-5-11(20)16(15)27-18;/h5-8H,4,9-10H2,1-3H3;1H. The van der Waals surface area contributed by atoms with Gasteiger partial charge in [0, 0.05) is 6.54 Å². The number of halogens is 3. The first-order valence-corrected chi connectivity index (χ1v) is 11.1. The van der Waals surface area contributed by atoms with Crippen LogP contribution in [0.5, 0.6) is 5.75 Å². The highest BCUT2D eigenvalue weighted by Crippen LogP contribution is 2.39. The molecular formula is C18H20BrCl2N3O2S2. The first kappa shape index (κ1) is 23.4. The highest BCUT2D eigenvalue weighted by molar-refractivity contribution is 9.11. The predicted octanol–water partition coefficient (Wildman–Crippen LogP) is 5.80. The van der Waals surface area contributed by atoms with Crippen LogP contribution < -0.4 is 9.64 Å². The van der Waals surface area contributed by atoms with Crippen LogP contribution >= 0.6 is 62.6 Å². The molecule has 5 nitrogen and oxygen atoms in total. The van der Waals surface area contributed by atoms with Crippen molar-refractivity contribution in [2.45, 2.75) is 6.42 Å². The van der Waals surface area contributed by atoms with E-state index < -0.39 is 0 Å². The number of carbonyl (C=O) groups is 1. The van der Waals surface area contributed by atoms with E-state index in [1.165, 1.54) is 22.7 Å². The first-order valence-electron chi connectivity index (χ1n) is 8.25. The van der Waals surface area contributed by atoms with Crippen molar-refractivity contribution in [2.75, 3.05) is 39.2 Å². The molecule has 0 aliphatic rings. The van der Waals surface area contributed by atoms with Gasteiger partial charge in [-0.2, -0.15) is 0 Å². The van der Waals surface area contributed by atoms with Crippen LogP contribution in [0.1, 0.15) is 16.1 Å². The summed E-state index contributed by atoms with van der Waals surface area (Å²) in [7, 11) is 5.64. The second-order valence-electron chi connectivity index (χ2n) is 6.14. The fourth-order valence-electron chi connectivity index (χ4n) is 2.61. The lowest BCUT2D eigenvalue weighted by Crippen LogP contribution is -2.32. The summed E-state index contributed by atoms with van der Waals surface area (Å²) in [5.74, 6) is 0.593. The molecule has 0 aliphatic carbocycles. The van der Waals surface area contributed by atoms with E-state index in [1.807, 2.05) is 26.2 Å². The lowest BCUT2D eigenvalue weighted by atomic mass is 10.3. The van der Waals surface area contributed by atoms with Crippen molar-refractivity contribution in [3.63, 3.8) is 0 Å². The van der Waals surface area contributed by atoms with Crippen LogP contribution in [-0.4, -0.2) is 50.1 Å². The van der Waals surface area contributed by atoms with Gasteiger partial charge in [0.2, 0.25) is 0 Å². The number of methoxy groups -OCH3 is 1. The fourth-order valence-corrected chi connectivity index (χ4v) is 5.23. The van der Waals surface area contributed by atoms with Crippen LogP contribution in [0.3, 0.4) is 0 Å². The van der Waals surface area contributed by atoms with Crippen molar-refractivity contribution in [2.24, 2.45) is 0 Å². The maximum atomic E-state index is 13.2. The molecule has 0 bridgehead atoms. The van der Waals surface area contributed by atoms with Crippen molar-refractivity contribution in [1.29, 1.82) is 0 Å². The van der Waals surface area contributed by atoms with Crippen molar-refractivity contribution in [3.05, 3.63) is 38.0 Å². The Balaban J connectivity index is 0.00000280. The molecule has 0 atom stereocenters. The normalized spacial score (nSPS) is 10.9. The zero-order valence-electron chi connectivity index (χ0n) is 15.6. The second-order valence-corrected chi connectivity index (χ2v) is 9.99. The molecule has 28 heavy (non-hydrogen) atoms. The van der Waals surface area contributed by atoms with Gasteiger partial charge in [0.25, 0.3) is 5.91 Å². The Morgan fingerprint density at radius 2 is 1.96 bits per heavy atom. The minimum atomic E-state index is -0.0569. The number of benzene rings is 1. The number of carbonyl (C=O) groups excluding carboxylic acids is 1. The maximum absolute atomic E-state index is 13.2. The van der Waals surface area contributed by atoms with Gasteiger partial charge < -0.3 is 9.64 Å². The molecule has 1 aromatic carbocycles. The van der Waals surface area contributed by atoms with E-state index in [4.69, 9.17) is 16.3 Å². The zero-order chi connectivity index (χ0) is 19.6. The third kappa shape index (κ3) is 5.17. The van der Waals surface area contributed by atoms with E-state index >= 15 is 0 Å². The number of nitrogens with zero attached hydrogens (tertiary/aromatic N) is 3. The number of thiazole rings is 1. The van der Waals surface area contributed by atoms with Crippen molar-refractivity contribution in [1.82, 2.24) is 9.88 Å². The summed E-state index contributed by atoms with van der Waals surface area (Å²) in [6.45, 7) is 1.46. The van der Waals surface area contributed by atoms with Crippen LogP contribution in [0.2, 0.25) is 5.02 Å². The molecule has 10 heteroatoms. The summed E-state index contributed by atoms with van der Waals surface area (Å²) in [6, 6.07) is 7.30. The summed E-state index contributed by atoms with van der Waals surface area (Å²) in [5, 5.41) is 1.23. The number of hydrogen-bond donors (Lipinski definition) is 0. The Hall–Kier alpha value is -0.900. The molecule has 0 fully saturated rings. The third-order valence-corrected chi connectivity index (χ3v) is 7.06. The van der Waals surface area contributed by atoms with E-state index in [2.05, 4.69) is 25.8 Å². The number of ether oxygens (including phenoxy) is 1. The van der Waals surface area contributed by atoms with Crippen LogP contribution in [-0.2, 0) is 0 Å². The number of rotatable bonds is 7. The predicted molar refractivity (Wildman–Crippen MR) is 125 cm³/mol. The van der Waals surface area contributed by atoms with E-state index in [0.717, 1.165) is 21.5 Å². The number of hydrogen-bond acceptors (Lipinski definition) is 6. The Labute approximate surface area is 191 Å². The Morgan fingerprint density at radius 3 is 2.57 bits per heavy atom. The second kappa shape index (κ2) is 10.2. The van der Waals surface area contributed by atoms with Gasteiger partial charge in [-0.15, -0.1) is 23.7 Å². The monoisotopic (exact) mass is 523 g/mol. The lowest BCUT2D eigenvalue weighted by molar-refractivity contribution is 0.0990. The number of aromatic nitrogens is 1. The minimum absolute atomic E-state index is 0. The van der Waals surface area contributed by atoms with Crippen LogP contribution in [0, 0.1) is 0 Å². The molecule has 1 amide bonds. The largest absolute Gasteiger partial charge is 0.494 e. The maximum Gasteiger partial charge on any atom is 0.270 e. The van der Waals surface area contributed by atoms with Gasteiger partial charge in [-0.3, -0.25) is 9.69 Å². The van der Waals surface area contributed by atoms with E-state index in [-0.39, 0.29) is 18.3 Å². The summed E-state index contributed by atoms with van der Waals surface area (Å²) in [6.07, 6.45) is 0.839. The number of thiophene rings is 1. The molecule has 0 spiro atoms. The number of fused-ring (bicyclic) bond motifs is 1. The van der Waals surface area contributed by atoms with Crippen LogP contribution in [0.15, 0.2) is 28.1 Å². The van der Waals surface area contributed by atoms with E-state index in [0.29, 0.717) is 32.8 Å². The summed E-state index contributed by atoms with van der Waals surface area (Å²) in [4.78, 5) is 22.4. The molecule has 0 saturated carbocycles. The molecule has 3 aromatic rings. The van der Waals surface area contributed by atoms with Crippen LogP contribution in [0.25, 0.3) is 10.2 Å². The molecular weight excluding hydrogens is 505 g/mol. The van der Waals surface area contributed by atoms with Gasteiger partial charge in [-0.25, -0.2) is 4.98 Å².